The van der Waals surface area contributed by atoms with Gasteiger partial charge in [-0.15, -0.1) is 0 Å². The molecule has 28 heavy (non-hydrogen) atoms. The maximum atomic E-state index is 12.9. The number of benzene rings is 3. The summed E-state index contributed by atoms with van der Waals surface area (Å²) in [6.07, 6.45) is 0.700. The van der Waals surface area contributed by atoms with Crippen LogP contribution in [0.1, 0.15) is 17.0 Å². The summed E-state index contributed by atoms with van der Waals surface area (Å²) in [4.78, 5) is 19.5. The minimum absolute atomic E-state index is 0.0707. The molecule has 140 valence electrons. The second kappa shape index (κ2) is 8.09. The molecule has 4 nitrogen and oxygen atoms in total. The maximum Gasteiger partial charge on any atom is 0.242 e. The highest BCUT2D eigenvalue weighted by molar-refractivity contribution is 5.81. The molecule has 4 rings (SSSR count). The lowest BCUT2D eigenvalue weighted by atomic mass is 10.1. The Hall–Kier alpha value is -3.40. The van der Waals surface area contributed by atoms with Crippen LogP contribution >= 0.6 is 0 Å². The number of aromatic nitrogens is 2. The van der Waals surface area contributed by atoms with E-state index in [-0.39, 0.29) is 12.5 Å². The Labute approximate surface area is 165 Å². The highest BCUT2D eigenvalue weighted by Crippen LogP contribution is 2.19. The van der Waals surface area contributed by atoms with E-state index in [0.29, 0.717) is 13.0 Å². The summed E-state index contributed by atoms with van der Waals surface area (Å²) in [5, 5.41) is 0. The molecule has 0 saturated heterocycles. The minimum Gasteiger partial charge on any atom is -0.340 e. The van der Waals surface area contributed by atoms with Gasteiger partial charge in [0.05, 0.1) is 11.0 Å². The van der Waals surface area contributed by atoms with Gasteiger partial charge in [0.15, 0.2) is 0 Å². The van der Waals surface area contributed by atoms with Crippen LogP contribution in [0.2, 0.25) is 0 Å². The largest absolute Gasteiger partial charge is 0.340 e. The number of carbonyl (C=O) groups excluding carboxylic acids is 1. The summed E-state index contributed by atoms with van der Waals surface area (Å²) < 4.78 is 2.05. The number of para-hydroxylation sites is 2. The van der Waals surface area contributed by atoms with E-state index in [2.05, 4.69) is 12.1 Å². The fraction of sp³-hybridized carbons (Fsp3) is 0.167. The number of rotatable bonds is 6. The first-order chi connectivity index (χ1) is 13.7. The molecule has 0 radical (unpaired) electrons. The van der Waals surface area contributed by atoms with Crippen molar-refractivity contribution in [3.8, 4) is 0 Å². The van der Waals surface area contributed by atoms with Gasteiger partial charge in [0.1, 0.15) is 12.4 Å². The normalized spacial score (nSPS) is 10.9. The van der Waals surface area contributed by atoms with E-state index in [0.717, 1.165) is 22.4 Å². The Morgan fingerprint density at radius 2 is 1.46 bits per heavy atom. The zero-order valence-electron chi connectivity index (χ0n) is 16.0. The Morgan fingerprint density at radius 3 is 2.18 bits per heavy atom. The molecule has 0 spiro atoms. The van der Waals surface area contributed by atoms with Crippen molar-refractivity contribution in [1.29, 1.82) is 0 Å². The highest BCUT2D eigenvalue weighted by Gasteiger charge is 2.16. The summed E-state index contributed by atoms with van der Waals surface area (Å²) in [5.41, 5.74) is 4.23. The molecule has 0 aliphatic rings. The second-order valence-corrected chi connectivity index (χ2v) is 7.00. The number of likely N-dealkylation sites (N-methyl/N-ethyl adjacent to an activating group) is 1. The van der Waals surface area contributed by atoms with Gasteiger partial charge in [-0.2, -0.15) is 0 Å². The zero-order chi connectivity index (χ0) is 19.3. The second-order valence-electron chi connectivity index (χ2n) is 7.00. The van der Waals surface area contributed by atoms with E-state index in [9.17, 15) is 4.79 Å². The summed E-state index contributed by atoms with van der Waals surface area (Å²) in [7, 11) is 1.85. The van der Waals surface area contributed by atoms with Gasteiger partial charge in [-0.05, 0) is 23.3 Å². The van der Waals surface area contributed by atoms with Crippen molar-refractivity contribution in [2.75, 3.05) is 7.05 Å². The quantitative estimate of drug-likeness (QED) is 0.509. The molecule has 1 aromatic heterocycles. The van der Waals surface area contributed by atoms with Crippen molar-refractivity contribution < 1.29 is 4.79 Å². The van der Waals surface area contributed by atoms with Crippen LogP contribution < -0.4 is 0 Å². The molecule has 0 aliphatic heterocycles. The lowest BCUT2D eigenvalue weighted by molar-refractivity contribution is -0.131. The lowest BCUT2D eigenvalue weighted by Gasteiger charge is -2.19. The summed E-state index contributed by atoms with van der Waals surface area (Å²) in [6.45, 7) is 0.881. The molecular weight excluding hydrogens is 346 g/mol. The predicted octanol–water partition coefficient (Wildman–Crippen LogP) is 4.29. The fourth-order valence-electron chi connectivity index (χ4n) is 3.42. The van der Waals surface area contributed by atoms with Gasteiger partial charge in [0, 0.05) is 20.0 Å². The number of fused-ring (bicyclic) bond motifs is 1. The molecule has 4 aromatic rings. The molecule has 0 saturated carbocycles. The van der Waals surface area contributed by atoms with Gasteiger partial charge in [-0.25, -0.2) is 4.98 Å². The van der Waals surface area contributed by atoms with Crippen LogP contribution in [0.3, 0.4) is 0 Å². The van der Waals surface area contributed by atoms with Crippen LogP contribution in [-0.4, -0.2) is 27.4 Å². The van der Waals surface area contributed by atoms with Crippen molar-refractivity contribution in [3.05, 3.63) is 102 Å². The lowest BCUT2D eigenvalue weighted by Crippen LogP contribution is -2.30. The van der Waals surface area contributed by atoms with Crippen molar-refractivity contribution in [2.24, 2.45) is 0 Å². The van der Waals surface area contributed by atoms with E-state index in [1.54, 1.807) is 4.90 Å². The van der Waals surface area contributed by atoms with Gasteiger partial charge in [0.25, 0.3) is 0 Å². The molecule has 3 aromatic carbocycles. The number of imidazole rings is 1. The third-order valence-corrected chi connectivity index (χ3v) is 4.92. The van der Waals surface area contributed by atoms with Gasteiger partial charge in [-0.3, -0.25) is 4.79 Å². The third-order valence-electron chi connectivity index (χ3n) is 4.92. The first kappa shape index (κ1) is 18.0. The van der Waals surface area contributed by atoms with Crippen LogP contribution in [0.4, 0.5) is 0 Å². The summed E-state index contributed by atoms with van der Waals surface area (Å²) in [6, 6.07) is 28.3. The molecule has 0 atom stereocenters. The van der Waals surface area contributed by atoms with E-state index in [4.69, 9.17) is 4.98 Å². The third kappa shape index (κ3) is 3.96. The maximum absolute atomic E-state index is 12.9. The average Bonchev–Trinajstić information content (AvgIpc) is 3.06. The first-order valence-electron chi connectivity index (χ1n) is 9.46. The Bertz CT molecular complexity index is 1070. The molecule has 0 unspecified atom stereocenters. The predicted molar refractivity (Wildman–Crippen MR) is 112 cm³/mol. The molecule has 4 heteroatoms. The Morgan fingerprint density at radius 1 is 0.857 bits per heavy atom. The summed E-state index contributed by atoms with van der Waals surface area (Å²) >= 11 is 0. The summed E-state index contributed by atoms with van der Waals surface area (Å²) in [5.74, 6) is 0.982. The van der Waals surface area contributed by atoms with Crippen LogP contribution in [0.15, 0.2) is 84.9 Å². The van der Waals surface area contributed by atoms with E-state index < -0.39 is 0 Å². The van der Waals surface area contributed by atoms with Gasteiger partial charge < -0.3 is 9.47 Å². The zero-order valence-corrected chi connectivity index (χ0v) is 16.0. The molecular formula is C24H23N3O. The number of hydrogen-bond donors (Lipinski definition) is 0. The topological polar surface area (TPSA) is 38.1 Å². The van der Waals surface area contributed by atoms with E-state index in [1.165, 1.54) is 5.56 Å². The molecule has 0 fully saturated rings. The van der Waals surface area contributed by atoms with Crippen LogP contribution in [-0.2, 0) is 24.3 Å². The number of carbonyl (C=O) groups is 1. The monoisotopic (exact) mass is 369 g/mol. The highest BCUT2D eigenvalue weighted by atomic mass is 16.2. The smallest absolute Gasteiger partial charge is 0.242 e. The minimum atomic E-state index is 0.0707. The number of hydrogen-bond acceptors (Lipinski definition) is 2. The van der Waals surface area contributed by atoms with Crippen LogP contribution in [0.5, 0.6) is 0 Å². The van der Waals surface area contributed by atoms with Crippen molar-refractivity contribution in [2.45, 2.75) is 19.5 Å². The van der Waals surface area contributed by atoms with E-state index >= 15 is 0 Å². The molecule has 0 aliphatic carbocycles. The molecule has 0 bridgehead atoms. The number of amides is 1. The van der Waals surface area contributed by atoms with Gasteiger partial charge in [0.2, 0.25) is 5.91 Å². The Balaban J connectivity index is 1.59. The van der Waals surface area contributed by atoms with Crippen molar-refractivity contribution >= 4 is 16.9 Å². The van der Waals surface area contributed by atoms with Crippen LogP contribution in [0, 0.1) is 0 Å². The van der Waals surface area contributed by atoms with Crippen molar-refractivity contribution in [1.82, 2.24) is 14.5 Å². The van der Waals surface area contributed by atoms with Crippen molar-refractivity contribution in [3.63, 3.8) is 0 Å². The fourth-order valence-corrected chi connectivity index (χ4v) is 3.42. The molecule has 0 N–H and O–H groups in total. The van der Waals surface area contributed by atoms with Gasteiger partial charge >= 0.3 is 0 Å². The van der Waals surface area contributed by atoms with Gasteiger partial charge in [-0.1, -0.05) is 72.8 Å². The Kier molecular flexibility index (Phi) is 5.20. The average molecular weight is 369 g/mol. The van der Waals surface area contributed by atoms with Crippen LogP contribution in [0.25, 0.3) is 11.0 Å². The number of nitrogens with zero attached hydrogens (tertiary/aromatic N) is 3. The SMILES string of the molecule is CN(Cc1ccccc1)C(=O)Cn1c(Cc2ccccc2)nc2ccccc21. The first-order valence-corrected chi connectivity index (χ1v) is 9.46. The standard InChI is InChI=1S/C24H23N3O/c1-26(17-20-12-6-3-7-13-20)24(28)18-27-22-15-9-8-14-21(22)25-23(27)16-19-10-4-2-5-11-19/h2-15H,16-18H2,1H3. The molecule has 1 heterocycles. The van der Waals surface area contributed by atoms with E-state index in [1.807, 2.05) is 84.4 Å². The molecule has 1 amide bonds.